The molecule has 2 N–H and O–H groups in total. The zero-order valence-electron chi connectivity index (χ0n) is 11.9. The monoisotopic (exact) mass is 355 g/mol. The Morgan fingerprint density at radius 1 is 1.35 bits per heavy atom. The minimum Gasteiger partial charge on any atom is -0.326 e. The smallest absolute Gasteiger partial charge is 0.0933 e. The Labute approximate surface area is 133 Å². The number of aromatic nitrogens is 2. The molecular weight excluding hydrogens is 338 g/mol. The van der Waals surface area contributed by atoms with Crippen LogP contribution in [0.4, 0.5) is 0 Å². The highest BCUT2D eigenvalue weighted by molar-refractivity contribution is 9.10. The fraction of sp³-hybridized carbons (Fsp3) is 0.400. The highest BCUT2D eigenvalue weighted by Gasteiger charge is 2.26. The zero-order chi connectivity index (χ0) is 14.9. The van der Waals surface area contributed by atoms with Crippen LogP contribution in [0.1, 0.15) is 36.3 Å². The zero-order valence-corrected chi connectivity index (χ0v) is 14.2. The second-order valence-electron chi connectivity index (χ2n) is 4.97. The van der Waals surface area contributed by atoms with Crippen LogP contribution in [0.2, 0.25) is 5.02 Å². The van der Waals surface area contributed by atoms with Gasteiger partial charge in [0.15, 0.2) is 0 Å². The van der Waals surface area contributed by atoms with Gasteiger partial charge in [-0.2, -0.15) is 5.10 Å². The lowest BCUT2D eigenvalue weighted by atomic mass is 9.98. The summed E-state index contributed by atoms with van der Waals surface area (Å²) in [7, 11) is 0. The lowest BCUT2D eigenvalue weighted by Crippen LogP contribution is -2.34. The summed E-state index contributed by atoms with van der Waals surface area (Å²) in [5.74, 6) is 0. The van der Waals surface area contributed by atoms with Gasteiger partial charge in [-0.15, -0.1) is 0 Å². The summed E-state index contributed by atoms with van der Waals surface area (Å²) in [6.07, 6.45) is 0.863. The van der Waals surface area contributed by atoms with Crippen LogP contribution >= 0.6 is 27.5 Å². The van der Waals surface area contributed by atoms with Crippen molar-refractivity contribution in [1.82, 2.24) is 9.78 Å². The third-order valence-corrected chi connectivity index (χ3v) is 4.87. The van der Waals surface area contributed by atoms with Gasteiger partial charge in [0.1, 0.15) is 0 Å². The quantitative estimate of drug-likeness (QED) is 0.890. The number of nitrogens with zero attached hydrogens (tertiary/aromatic N) is 2. The van der Waals surface area contributed by atoms with Crippen LogP contribution in [0.15, 0.2) is 28.7 Å². The van der Waals surface area contributed by atoms with Crippen molar-refractivity contribution in [2.24, 2.45) is 5.73 Å². The Bertz CT molecular complexity index is 609. The van der Waals surface area contributed by atoms with E-state index in [1.807, 2.05) is 36.7 Å². The molecule has 2 aromatic rings. The van der Waals surface area contributed by atoms with E-state index in [0.29, 0.717) is 5.02 Å². The van der Waals surface area contributed by atoms with Gasteiger partial charge in [-0.05, 0) is 31.9 Å². The maximum atomic E-state index is 6.35. The average Bonchev–Trinajstić information content (AvgIpc) is 2.69. The molecule has 0 bridgehead atoms. The van der Waals surface area contributed by atoms with E-state index >= 15 is 0 Å². The molecule has 1 aromatic carbocycles. The third-order valence-electron chi connectivity index (χ3n) is 3.60. The largest absolute Gasteiger partial charge is 0.326 e. The van der Waals surface area contributed by atoms with Crippen molar-refractivity contribution in [3.05, 3.63) is 50.7 Å². The number of halogens is 2. The molecule has 0 saturated heterocycles. The third kappa shape index (κ3) is 2.78. The van der Waals surface area contributed by atoms with Crippen molar-refractivity contribution >= 4 is 27.5 Å². The van der Waals surface area contributed by atoms with Gasteiger partial charge in [0.05, 0.1) is 22.5 Å². The molecule has 108 valence electrons. The van der Waals surface area contributed by atoms with Gasteiger partial charge in [0.25, 0.3) is 0 Å². The molecule has 0 aliphatic carbocycles. The van der Waals surface area contributed by atoms with Crippen LogP contribution in [0.3, 0.4) is 0 Å². The van der Waals surface area contributed by atoms with Gasteiger partial charge in [0, 0.05) is 10.5 Å². The van der Waals surface area contributed by atoms with E-state index < -0.39 is 0 Å². The van der Waals surface area contributed by atoms with Crippen LogP contribution < -0.4 is 5.73 Å². The predicted molar refractivity (Wildman–Crippen MR) is 87.3 cm³/mol. The summed E-state index contributed by atoms with van der Waals surface area (Å²) in [6.45, 7) is 5.98. The van der Waals surface area contributed by atoms with Crippen molar-refractivity contribution < 1.29 is 0 Å². The van der Waals surface area contributed by atoms with Crippen LogP contribution in [0.25, 0.3) is 0 Å². The number of hydrogen-bond donors (Lipinski definition) is 1. The van der Waals surface area contributed by atoms with E-state index in [1.54, 1.807) is 0 Å². The maximum absolute atomic E-state index is 6.35. The van der Waals surface area contributed by atoms with Crippen molar-refractivity contribution in [3.63, 3.8) is 0 Å². The van der Waals surface area contributed by atoms with Gasteiger partial charge in [-0.25, -0.2) is 0 Å². The normalized spacial score (nSPS) is 14.3. The predicted octanol–water partition coefficient (Wildman–Crippen LogP) is 4.24. The maximum Gasteiger partial charge on any atom is 0.0933 e. The van der Waals surface area contributed by atoms with E-state index in [-0.39, 0.29) is 12.1 Å². The summed E-state index contributed by atoms with van der Waals surface area (Å²) in [6, 6.07) is 8.07. The van der Waals surface area contributed by atoms with Crippen LogP contribution in [-0.2, 0) is 0 Å². The first-order valence-corrected chi connectivity index (χ1v) is 7.85. The van der Waals surface area contributed by atoms with E-state index in [4.69, 9.17) is 17.3 Å². The standard InChI is InChI=1S/C15H19BrClN3/c1-4-13(18)15(11-7-5-6-8-12(11)16)20-10(3)14(17)9(2)19-20/h5-8,13,15H,4,18H2,1-3H3. The lowest BCUT2D eigenvalue weighted by molar-refractivity contribution is 0.414. The van der Waals surface area contributed by atoms with Gasteiger partial charge < -0.3 is 5.73 Å². The molecule has 1 heterocycles. The first-order valence-electron chi connectivity index (χ1n) is 6.68. The van der Waals surface area contributed by atoms with Crippen LogP contribution in [0.5, 0.6) is 0 Å². The molecule has 1 aromatic heterocycles. The highest BCUT2D eigenvalue weighted by Crippen LogP contribution is 2.32. The number of rotatable bonds is 4. The van der Waals surface area contributed by atoms with Crippen LogP contribution in [0, 0.1) is 13.8 Å². The van der Waals surface area contributed by atoms with Crippen molar-refractivity contribution in [2.45, 2.75) is 39.3 Å². The summed E-state index contributed by atoms with van der Waals surface area (Å²) in [4.78, 5) is 0. The first kappa shape index (κ1) is 15.5. The molecule has 2 unspecified atom stereocenters. The molecule has 0 amide bonds. The summed E-state index contributed by atoms with van der Waals surface area (Å²) in [5.41, 5.74) is 9.27. The number of nitrogens with two attached hydrogens (primary N) is 1. The molecule has 3 nitrogen and oxygen atoms in total. The minimum absolute atomic E-state index is 0.0252. The number of benzene rings is 1. The molecule has 0 fully saturated rings. The molecule has 2 atom stereocenters. The minimum atomic E-state index is -0.0261. The van der Waals surface area contributed by atoms with Gasteiger partial charge in [-0.1, -0.05) is 52.7 Å². The molecule has 0 radical (unpaired) electrons. The van der Waals surface area contributed by atoms with Crippen molar-refractivity contribution in [1.29, 1.82) is 0 Å². The fourth-order valence-corrected chi connectivity index (χ4v) is 3.04. The summed E-state index contributed by atoms with van der Waals surface area (Å²) in [5, 5.41) is 5.29. The van der Waals surface area contributed by atoms with E-state index in [1.165, 1.54) is 0 Å². The number of hydrogen-bond acceptors (Lipinski definition) is 2. The van der Waals surface area contributed by atoms with E-state index in [0.717, 1.165) is 27.8 Å². The van der Waals surface area contributed by atoms with Crippen molar-refractivity contribution in [3.8, 4) is 0 Å². The lowest BCUT2D eigenvalue weighted by Gasteiger charge is -2.26. The molecule has 0 aliphatic heterocycles. The van der Waals surface area contributed by atoms with Gasteiger partial charge >= 0.3 is 0 Å². The Kier molecular flexibility index (Phi) is 4.89. The Morgan fingerprint density at radius 2 is 2.00 bits per heavy atom. The SMILES string of the molecule is CCC(N)C(c1ccccc1Br)n1nc(C)c(Cl)c1C. The molecule has 0 saturated carbocycles. The molecule has 0 spiro atoms. The van der Waals surface area contributed by atoms with Crippen molar-refractivity contribution in [2.75, 3.05) is 0 Å². The van der Waals surface area contributed by atoms with E-state index in [9.17, 15) is 0 Å². The first-order chi connectivity index (χ1) is 9.47. The highest BCUT2D eigenvalue weighted by atomic mass is 79.9. The molecular formula is C15H19BrClN3. The molecule has 2 rings (SSSR count). The Morgan fingerprint density at radius 3 is 2.50 bits per heavy atom. The summed E-state index contributed by atoms with van der Waals surface area (Å²) >= 11 is 9.89. The van der Waals surface area contributed by atoms with Gasteiger partial charge in [-0.3, -0.25) is 4.68 Å². The summed E-state index contributed by atoms with van der Waals surface area (Å²) < 4.78 is 2.99. The molecule has 20 heavy (non-hydrogen) atoms. The second kappa shape index (κ2) is 6.29. The Hall–Kier alpha value is -0.840. The number of aryl methyl sites for hydroxylation is 1. The average molecular weight is 357 g/mol. The molecule has 0 aliphatic rings. The topological polar surface area (TPSA) is 43.8 Å². The fourth-order valence-electron chi connectivity index (χ4n) is 2.40. The van der Waals surface area contributed by atoms with Gasteiger partial charge in [0.2, 0.25) is 0 Å². The second-order valence-corrected chi connectivity index (χ2v) is 6.20. The van der Waals surface area contributed by atoms with E-state index in [2.05, 4.69) is 34.0 Å². The van der Waals surface area contributed by atoms with Crippen LogP contribution in [-0.4, -0.2) is 15.8 Å². The Balaban J connectivity index is 2.59. The molecule has 5 heteroatoms.